The zero-order valence-corrected chi connectivity index (χ0v) is 15.5. The van der Waals surface area contributed by atoms with Gasteiger partial charge < -0.3 is 14.2 Å². The first-order valence-electron chi connectivity index (χ1n) is 8.50. The van der Waals surface area contributed by atoms with E-state index in [1.165, 1.54) is 13.1 Å². The zero-order chi connectivity index (χ0) is 21.6. The largest absolute Gasteiger partial charge is 0.573 e. The third-order valence-corrected chi connectivity index (χ3v) is 3.83. The molecular weight excluding hydrogens is 399 g/mol. The molecule has 1 fully saturated rings. The zero-order valence-electron chi connectivity index (χ0n) is 15.5. The Morgan fingerprint density at radius 1 is 1.48 bits per heavy atom. The molecule has 1 aromatic rings. The molecule has 0 aromatic carbocycles. The number of hydrogen-bond donors (Lipinski definition) is 1. The lowest BCUT2D eigenvalue weighted by molar-refractivity contribution is -0.280. The number of aliphatic imine (C=N–C) groups is 1. The number of aromatic amines is 1. The van der Waals surface area contributed by atoms with E-state index >= 15 is 0 Å². The topological polar surface area (TPSA) is 112 Å². The predicted molar refractivity (Wildman–Crippen MR) is 93.1 cm³/mol. The highest BCUT2D eigenvalue weighted by atomic mass is 19.4. The van der Waals surface area contributed by atoms with E-state index in [9.17, 15) is 27.6 Å². The molecule has 1 unspecified atom stereocenters. The summed E-state index contributed by atoms with van der Waals surface area (Å²) in [6.45, 7) is 2.74. The van der Waals surface area contributed by atoms with Crippen LogP contribution in [0, 0.1) is 11.8 Å². The molecule has 3 atom stereocenters. The third-order valence-electron chi connectivity index (χ3n) is 3.83. The highest BCUT2D eigenvalue weighted by molar-refractivity contribution is 5.66. The number of nitrogens with one attached hydrogen (secondary N) is 1. The summed E-state index contributed by atoms with van der Waals surface area (Å²) in [6, 6.07) is 0. The van der Waals surface area contributed by atoms with Crippen LogP contribution in [0.1, 0.15) is 38.5 Å². The highest BCUT2D eigenvalue weighted by Crippen LogP contribution is 2.31. The van der Waals surface area contributed by atoms with Crippen LogP contribution in [0.3, 0.4) is 0 Å². The number of ether oxygens (including phenoxy) is 3. The minimum absolute atomic E-state index is 0.107. The molecule has 0 aliphatic carbocycles. The fraction of sp³-hybridized carbons (Fsp3) is 0.529. The van der Waals surface area contributed by atoms with Gasteiger partial charge in [0, 0.05) is 19.5 Å². The lowest BCUT2D eigenvalue weighted by Crippen LogP contribution is -2.33. The number of nitrogens with zero attached hydrogens (tertiary/aromatic N) is 2. The molecule has 1 aromatic heterocycles. The molecule has 1 saturated heterocycles. The van der Waals surface area contributed by atoms with E-state index in [-0.39, 0.29) is 24.9 Å². The molecule has 158 valence electrons. The van der Waals surface area contributed by atoms with Crippen molar-refractivity contribution in [1.29, 1.82) is 0 Å². The molecule has 1 N–H and O–H groups in total. The molecule has 2 heterocycles. The number of H-pyrrole nitrogens is 1. The van der Waals surface area contributed by atoms with E-state index in [4.69, 9.17) is 9.47 Å². The Morgan fingerprint density at radius 3 is 2.83 bits per heavy atom. The second-order valence-corrected chi connectivity index (χ2v) is 5.94. The van der Waals surface area contributed by atoms with Crippen molar-refractivity contribution in [1.82, 2.24) is 9.55 Å². The van der Waals surface area contributed by atoms with Crippen molar-refractivity contribution >= 4 is 12.4 Å². The summed E-state index contributed by atoms with van der Waals surface area (Å²) >= 11 is 0. The molecule has 12 heteroatoms. The summed E-state index contributed by atoms with van der Waals surface area (Å²) in [5.41, 5.74) is -1.61. The Morgan fingerprint density at radius 2 is 2.21 bits per heavy atom. The van der Waals surface area contributed by atoms with Gasteiger partial charge in [0.15, 0.2) is 6.40 Å². The molecular formula is C17H18F3N3O6. The molecule has 0 bridgehead atoms. The maximum atomic E-state index is 12.1. The standard InChI is InChI=1S/C17H18F3N3O6/c1-3-12-13(28-10(2)24)7-14(29-12)23-8-11(15(25)22-16(23)26)5-4-6-21-9-27-17(18,19)20/h8-9,12-14H,3,6-7H2,1-2H3,(H,22,25,26)/b21-9-/t12-,13?,14-/m1/s1. The molecule has 0 radical (unpaired) electrons. The monoisotopic (exact) mass is 417 g/mol. The van der Waals surface area contributed by atoms with Crippen LogP contribution in [0.2, 0.25) is 0 Å². The molecule has 29 heavy (non-hydrogen) atoms. The summed E-state index contributed by atoms with van der Waals surface area (Å²) in [7, 11) is 0. The molecule has 0 amide bonds. The quantitative estimate of drug-likeness (QED) is 0.332. The van der Waals surface area contributed by atoms with E-state index in [0.717, 1.165) is 4.57 Å². The molecule has 1 aliphatic heterocycles. The van der Waals surface area contributed by atoms with E-state index in [1.54, 1.807) is 0 Å². The normalized spacial score (nSPS) is 21.6. The summed E-state index contributed by atoms with van der Waals surface area (Å²) in [6.07, 6.45) is -4.46. The fourth-order valence-corrected chi connectivity index (χ4v) is 2.67. The van der Waals surface area contributed by atoms with Crippen molar-refractivity contribution in [3.05, 3.63) is 32.6 Å². The minimum Gasteiger partial charge on any atom is -0.460 e. The average Bonchev–Trinajstić information content (AvgIpc) is 3.00. The van der Waals surface area contributed by atoms with Crippen LogP contribution in [0.15, 0.2) is 20.8 Å². The van der Waals surface area contributed by atoms with Crippen molar-refractivity contribution in [2.24, 2.45) is 4.99 Å². The fourth-order valence-electron chi connectivity index (χ4n) is 2.67. The van der Waals surface area contributed by atoms with Gasteiger partial charge in [-0.15, -0.1) is 13.2 Å². The van der Waals surface area contributed by atoms with Gasteiger partial charge in [0.05, 0.1) is 6.10 Å². The Hall–Kier alpha value is -3.07. The number of hydrogen-bond acceptors (Lipinski definition) is 7. The smallest absolute Gasteiger partial charge is 0.460 e. The van der Waals surface area contributed by atoms with Crippen LogP contribution in [0.5, 0.6) is 0 Å². The second kappa shape index (κ2) is 9.42. The Bertz CT molecular complexity index is 941. The van der Waals surface area contributed by atoms with Crippen molar-refractivity contribution in [2.75, 3.05) is 6.54 Å². The van der Waals surface area contributed by atoms with Gasteiger partial charge in [-0.2, -0.15) is 0 Å². The molecule has 0 spiro atoms. The SMILES string of the molecule is CC[C@H]1O[C@@H](n2cc(C#CC/N=C\OC(F)(F)F)c(=O)[nH]c2=O)CC1OC(C)=O. The lowest BCUT2D eigenvalue weighted by Gasteiger charge is -2.16. The van der Waals surface area contributed by atoms with Crippen molar-refractivity contribution in [3.63, 3.8) is 0 Å². The minimum atomic E-state index is -4.84. The van der Waals surface area contributed by atoms with Gasteiger partial charge in [-0.25, -0.2) is 9.79 Å². The number of halogens is 3. The average molecular weight is 417 g/mol. The Kier molecular flexibility index (Phi) is 7.22. The first-order valence-corrected chi connectivity index (χ1v) is 8.50. The number of aromatic nitrogens is 2. The van der Waals surface area contributed by atoms with Crippen molar-refractivity contribution in [3.8, 4) is 11.8 Å². The number of rotatable bonds is 5. The third kappa shape index (κ3) is 6.49. The van der Waals surface area contributed by atoms with Crippen LogP contribution in [0.25, 0.3) is 0 Å². The molecule has 2 rings (SSSR count). The first-order chi connectivity index (χ1) is 13.6. The summed E-state index contributed by atoms with van der Waals surface area (Å²) in [4.78, 5) is 40.6. The number of carbonyl (C=O) groups excluding carboxylic acids is 1. The summed E-state index contributed by atoms with van der Waals surface area (Å²) < 4.78 is 50.8. The van der Waals surface area contributed by atoms with Crippen molar-refractivity contribution in [2.45, 2.75) is 51.5 Å². The summed E-state index contributed by atoms with van der Waals surface area (Å²) in [5, 5.41) is 0. The van der Waals surface area contributed by atoms with Gasteiger partial charge in [-0.1, -0.05) is 18.8 Å². The predicted octanol–water partition coefficient (Wildman–Crippen LogP) is 1.08. The van der Waals surface area contributed by atoms with Crippen LogP contribution < -0.4 is 11.2 Å². The van der Waals surface area contributed by atoms with E-state index in [0.29, 0.717) is 6.42 Å². The molecule has 9 nitrogen and oxygen atoms in total. The van der Waals surface area contributed by atoms with Crippen LogP contribution in [-0.4, -0.2) is 47.0 Å². The Balaban J connectivity index is 2.16. The maximum Gasteiger partial charge on any atom is 0.573 e. The number of carbonyl (C=O) groups is 1. The van der Waals surface area contributed by atoms with Gasteiger partial charge in [0.25, 0.3) is 5.56 Å². The molecule has 1 aliphatic rings. The molecule has 0 saturated carbocycles. The lowest BCUT2D eigenvalue weighted by atomic mass is 10.1. The van der Waals surface area contributed by atoms with Gasteiger partial charge in [-0.05, 0) is 6.42 Å². The van der Waals surface area contributed by atoms with Crippen LogP contribution >= 0.6 is 0 Å². The number of alkyl halides is 3. The highest BCUT2D eigenvalue weighted by Gasteiger charge is 2.37. The first kappa shape index (κ1) is 22.2. The van der Waals surface area contributed by atoms with Gasteiger partial charge in [0.2, 0.25) is 0 Å². The van der Waals surface area contributed by atoms with Crippen LogP contribution in [0.4, 0.5) is 13.2 Å². The maximum absolute atomic E-state index is 12.1. The van der Waals surface area contributed by atoms with Crippen LogP contribution in [-0.2, 0) is 19.0 Å². The van der Waals surface area contributed by atoms with E-state index in [2.05, 4.69) is 26.6 Å². The van der Waals surface area contributed by atoms with Gasteiger partial charge in [0.1, 0.15) is 24.4 Å². The van der Waals surface area contributed by atoms with Gasteiger partial charge in [-0.3, -0.25) is 19.1 Å². The number of esters is 1. The second-order valence-electron chi connectivity index (χ2n) is 5.94. The van der Waals surface area contributed by atoms with E-state index < -0.39 is 42.0 Å². The van der Waals surface area contributed by atoms with Crippen molar-refractivity contribution < 1.29 is 32.2 Å². The van der Waals surface area contributed by atoms with Gasteiger partial charge >= 0.3 is 18.0 Å². The Labute approximate surface area is 162 Å². The summed E-state index contributed by atoms with van der Waals surface area (Å²) in [5.74, 6) is 4.33. The van der Waals surface area contributed by atoms with E-state index in [1.807, 2.05) is 6.92 Å².